The number of nitrogens with one attached hydrogen (secondary N) is 1. The fraction of sp³-hybridized carbons (Fsp3) is 0.182. The molecule has 0 fully saturated rings. The monoisotopic (exact) mass is 582 g/mol. The molecule has 9 heteroatoms. The summed E-state index contributed by atoms with van der Waals surface area (Å²) in [5.74, 6) is 1.68. The summed E-state index contributed by atoms with van der Waals surface area (Å²) in [6.45, 7) is 2.24. The molecule has 0 bridgehead atoms. The first-order valence-corrected chi connectivity index (χ1v) is 13.9. The smallest absolute Gasteiger partial charge is 0.322 e. The largest absolute Gasteiger partial charge is 0.497 e. The zero-order valence-corrected chi connectivity index (χ0v) is 24.3. The molecule has 0 saturated heterocycles. The maximum atomic E-state index is 14.0. The lowest BCUT2D eigenvalue weighted by Crippen LogP contribution is -2.41. The lowest BCUT2D eigenvalue weighted by Gasteiger charge is -2.31. The molecular formula is C33H31ClN4O4. The van der Waals surface area contributed by atoms with Gasteiger partial charge in [-0.25, -0.2) is 9.78 Å². The number of benzene rings is 4. The van der Waals surface area contributed by atoms with Gasteiger partial charge in [0, 0.05) is 23.3 Å². The van der Waals surface area contributed by atoms with Crippen LogP contribution in [0, 0.1) is 0 Å². The topological polar surface area (TPSA) is 85.7 Å². The minimum Gasteiger partial charge on any atom is -0.497 e. The second-order valence-electron chi connectivity index (χ2n) is 9.74. The van der Waals surface area contributed by atoms with E-state index in [2.05, 4.69) is 5.32 Å². The molecule has 8 nitrogen and oxygen atoms in total. The number of halogens is 1. The van der Waals surface area contributed by atoms with Crippen molar-refractivity contribution in [3.8, 4) is 17.2 Å². The third kappa shape index (κ3) is 6.24. The summed E-state index contributed by atoms with van der Waals surface area (Å²) in [6.07, 6.45) is 0.600. The van der Waals surface area contributed by atoms with Crippen molar-refractivity contribution in [1.82, 2.24) is 14.5 Å². The predicted molar refractivity (Wildman–Crippen MR) is 166 cm³/mol. The summed E-state index contributed by atoms with van der Waals surface area (Å²) in [5.41, 5.74) is 2.45. The fourth-order valence-electron chi connectivity index (χ4n) is 4.84. The van der Waals surface area contributed by atoms with Gasteiger partial charge in [-0.3, -0.25) is 9.36 Å². The van der Waals surface area contributed by atoms with E-state index < -0.39 is 6.04 Å². The average Bonchev–Trinajstić information content (AvgIpc) is 3.01. The summed E-state index contributed by atoms with van der Waals surface area (Å²) < 4.78 is 12.2. The Labute approximate surface area is 249 Å². The van der Waals surface area contributed by atoms with Crippen LogP contribution in [0.2, 0.25) is 5.02 Å². The Morgan fingerprint density at radius 3 is 2.38 bits per heavy atom. The van der Waals surface area contributed by atoms with Gasteiger partial charge in [0.25, 0.3) is 5.56 Å². The van der Waals surface area contributed by atoms with Gasteiger partial charge in [0.1, 0.15) is 17.3 Å². The Morgan fingerprint density at radius 2 is 1.67 bits per heavy atom. The van der Waals surface area contributed by atoms with E-state index in [9.17, 15) is 9.59 Å². The second-order valence-corrected chi connectivity index (χ2v) is 10.2. The van der Waals surface area contributed by atoms with Crippen LogP contribution in [-0.4, -0.2) is 41.2 Å². The van der Waals surface area contributed by atoms with E-state index in [-0.39, 0.29) is 11.6 Å². The third-order valence-corrected chi connectivity index (χ3v) is 7.33. The molecule has 42 heavy (non-hydrogen) atoms. The first-order chi connectivity index (χ1) is 20.4. The van der Waals surface area contributed by atoms with Crippen LogP contribution < -0.4 is 20.3 Å². The maximum Gasteiger partial charge on any atom is 0.322 e. The molecule has 1 atom stereocenters. The highest BCUT2D eigenvalue weighted by Gasteiger charge is 2.27. The van der Waals surface area contributed by atoms with E-state index >= 15 is 0 Å². The number of hydrogen-bond donors (Lipinski definition) is 1. The molecule has 1 aromatic heterocycles. The number of urea groups is 1. The molecule has 1 heterocycles. The first kappa shape index (κ1) is 28.7. The summed E-state index contributed by atoms with van der Waals surface area (Å²) >= 11 is 6.29. The molecule has 0 spiro atoms. The van der Waals surface area contributed by atoms with Crippen LogP contribution in [0.3, 0.4) is 0 Å². The van der Waals surface area contributed by atoms with Crippen molar-refractivity contribution >= 4 is 34.2 Å². The molecule has 0 radical (unpaired) electrons. The van der Waals surface area contributed by atoms with Crippen molar-refractivity contribution in [3.05, 3.63) is 124 Å². The molecule has 5 rings (SSSR count). The lowest BCUT2D eigenvalue weighted by atomic mass is 10.1. The van der Waals surface area contributed by atoms with Gasteiger partial charge in [-0.15, -0.1) is 0 Å². The predicted octanol–water partition coefficient (Wildman–Crippen LogP) is 6.89. The van der Waals surface area contributed by atoms with Gasteiger partial charge in [-0.2, -0.15) is 0 Å². The number of aromatic nitrogens is 2. The highest BCUT2D eigenvalue weighted by atomic mass is 35.5. The van der Waals surface area contributed by atoms with Crippen LogP contribution in [-0.2, 0) is 6.42 Å². The normalized spacial score (nSPS) is 11.6. The minimum atomic E-state index is -0.613. The number of fused-ring (bicyclic) bond motifs is 1. The number of hydrogen-bond acceptors (Lipinski definition) is 5. The SMILES string of the molecule is COc1ccc(-n2c(C(C)N(CCc3ccccc3)C(=O)Nc3cccc(OC)c3)nc3cc(Cl)ccc3c2=O)cc1. The van der Waals surface area contributed by atoms with Gasteiger partial charge in [-0.05, 0) is 73.5 Å². The highest BCUT2D eigenvalue weighted by Crippen LogP contribution is 2.27. The number of carbonyl (C=O) groups excluding carboxylic acids is 1. The molecular weight excluding hydrogens is 552 g/mol. The van der Waals surface area contributed by atoms with E-state index in [1.54, 1.807) is 78.3 Å². The molecule has 0 aliphatic carbocycles. The van der Waals surface area contributed by atoms with Crippen LogP contribution >= 0.6 is 11.6 Å². The number of nitrogens with zero attached hydrogens (tertiary/aromatic N) is 3. The van der Waals surface area contributed by atoms with Crippen LogP contribution in [0.1, 0.15) is 24.4 Å². The first-order valence-electron chi connectivity index (χ1n) is 13.5. The van der Waals surface area contributed by atoms with Crippen molar-refractivity contribution in [3.63, 3.8) is 0 Å². The standard InChI is InChI=1S/C33H31ClN4O4/c1-22(37(19-18-23-8-5-4-6-9-23)33(40)35-25-10-7-11-28(21-25)42-3)31-36-30-20-24(34)12-17-29(30)32(39)38(31)26-13-15-27(41-2)16-14-26/h4-17,20-22H,18-19H2,1-3H3,(H,35,40). The number of anilines is 1. The van der Waals surface area contributed by atoms with E-state index in [1.165, 1.54) is 0 Å². The van der Waals surface area contributed by atoms with Crippen LogP contribution in [0.5, 0.6) is 11.5 Å². The van der Waals surface area contributed by atoms with Crippen molar-refractivity contribution in [2.45, 2.75) is 19.4 Å². The van der Waals surface area contributed by atoms with Crippen molar-refractivity contribution in [1.29, 1.82) is 0 Å². The van der Waals surface area contributed by atoms with Gasteiger partial charge in [0.15, 0.2) is 0 Å². The Bertz CT molecular complexity index is 1760. The molecule has 4 aromatic carbocycles. The van der Waals surface area contributed by atoms with E-state index in [4.69, 9.17) is 26.1 Å². The van der Waals surface area contributed by atoms with Gasteiger partial charge in [0.05, 0.1) is 36.9 Å². The summed E-state index contributed by atoms with van der Waals surface area (Å²) in [4.78, 5) is 34.5. The fourth-order valence-corrected chi connectivity index (χ4v) is 5.00. The number of methoxy groups -OCH3 is 2. The lowest BCUT2D eigenvalue weighted by molar-refractivity contribution is 0.190. The van der Waals surface area contributed by atoms with Crippen molar-refractivity contribution in [2.24, 2.45) is 0 Å². The van der Waals surface area contributed by atoms with Gasteiger partial charge in [-0.1, -0.05) is 48.0 Å². The molecule has 0 aliphatic rings. The van der Waals surface area contributed by atoms with Crippen LogP contribution in [0.4, 0.5) is 10.5 Å². The zero-order chi connectivity index (χ0) is 29.6. The second kappa shape index (κ2) is 12.8. The Kier molecular flexibility index (Phi) is 8.74. The van der Waals surface area contributed by atoms with Crippen molar-refractivity contribution in [2.75, 3.05) is 26.1 Å². The van der Waals surface area contributed by atoms with Crippen LogP contribution in [0.25, 0.3) is 16.6 Å². The Hall–Kier alpha value is -4.82. The van der Waals surface area contributed by atoms with Crippen LogP contribution in [0.15, 0.2) is 102 Å². The molecule has 5 aromatic rings. The van der Waals surface area contributed by atoms with E-state index in [0.717, 1.165) is 5.56 Å². The van der Waals surface area contributed by atoms with Gasteiger partial charge in [0.2, 0.25) is 0 Å². The average molecular weight is 583 g/mol. The highest BCUT2D eigenvalue weighted by molar-refractivity contribution is 6.31. The summed E-state index contributed by atoms with van der Waals surface area (Å²) in [6, 6.07) is 28.3. The van der Waals surface area contributed by atoms with E-state index in [0.29, 0.717) is 57.6 Å². The molecule has 0 aliphatic heterocycles. The number of rotatable bonds is 9. The van der Waals surface area contributed by atoms with Crippen molar-refractivity contribution < 1.29 is 14.3 Å². The number of carbonyl (C=O) groups is 1. The quantitative estimate of drug-likeness (QED) is 0.204. The maximum absolute atomic E-state index is 14.0. The third-order valence-electron chi connectivity index (χ3n) is 7.10. The summed E-state index contributed by atoms with van der Waals surface area (Å²) in [7, 11) is 3.16. The molecule has 1 unspecified atom stereocenters. The molecule has 0 saturated carbocycles. The van der Waals surface area contributed by atoms with E-state index in [1.807, 2.05) is 49.4 Å². The molecule has 1 N–H and O–H groups in total. The zero-order valence-electron chi connectivity index (χ0n) is 23.6. The number of ether oxygens (including phenoxy) is 2. The summed E-state index contributed by atoms with van der Waals surface area (Å²) in [5, 5.41) is 3.88. The molecule has 2 amide bonds. The minimum absolute atomic E-state index is 0.264. The van der Waals surface area contributed by atoms with Gasteiger partial charge < -0.3 is 19.7 Å². The van der Waals surface area contributed by atoms with Gasteiger partial charge >= 0.3 is 6.03 Å². The molecule has 214 valence electrons. The Balaban J connectivity index is 1.61. The number of amides is 2. The Morgan fingerprint density at radius 1 is 0.929 bits per heavy atom.